The molecule has 1 saturated carbocycles. The summed E-state index contributed by atoms with van der Waals surface area (Å²) in [6, 6.07) is 0. The minimum atomic E-state index is -0.288. The Morgan fingerprint density at radius 1 is 1.69 bits per heavy atom. The second-order valence-electron chi connectivity index (χ2n) is 5.19. The number of ether oxygens (including phenoxy) is 1. The van der Waals surface area contributed by atoms with E-state index in [2.05, 4.69) is 17.1 Å². The minimum absolute atomic E-state index is 0.288. The van der Waals surface area contributed by atoms with Gasteiger partial charge in [-0.3, -0.25) is 5.10 Å². The molecule has 0 amide bonds. The number of fused-ring (bicyclic) bond motifs is 2. The number of esters is 1. The highest BCUT2D eigenvalue weighted by Crippen LogP contribution is 2.59. The van der Waals surface area contributed by atoms with Gasteiger partial charge in [0, 0.05) is 11.3 Å². The highest BCUT2D eigenvalue weighted by atomic mass is 16.5. The van der Waals surface area contributed by atoms with Gasteiger partial charge in [-0.25, -0.2) is 4.79 Å². The van der Waals surface area contributed by atoms with E-state index in [1.807, 2.05) is 6.92 Å². The van der Waals surface area contributed by atoms with Crippen LogP contribution in [0.5, 0.6) is 0 Å². The van der Waals surface area contributed by atoms with Gasteiger partial charge in [0.1, 0.15) is 0 Å². The lowest BCUT2D eigenvalue weighted by Gasteiger charge is -2.17. The van der Waals surface area contributed by atoms with E-state index >= 15 is 0 Å². The van der Waals surface area contributed by atoms with Crippen LogP contribution in [0.4, 0.5) is 0 Å². The van der Waals surface area contributed by atoms with Crippen LogP contribution in [0.25, 0.3) is 0 Å². The highest BCUT2D eigenvalue weighted by molar-refractivity contribution is 5.89. The standard InChI is InChI=1S/C12H16N2O2/c1-3-16-11(15)10-8-4-7-5-12(7,2)6-9(8)13-14-10/h7H,3-6H2,1-2H3,(H,13,14)/t7-,12-/m0/s1. The van der Waals surface area contributed by atoms with Gasteiger partial charge in [-0.05, 0) is 37.5 Å². The Morgan fingerprint density at radius 2 is 2.50 bits per heavy atom. The molecule has 0 radical (unpaired) electrons. The Labute approximate surface area is 94.4 Å². The maximum Gasteiger partial charge on any atom is 0.359 e. The fourth-order valence-electron chi connectivity index (χ4n) is 2.82. The molecule has 1 heterocycles. The van der Waals surface area contributed by atoms with E-state index in [1.54, 1.807) is 0 Å². The maximum absolute atomic E-state index is 11.7. The summed E-state index contributed by atoms with van der Waals surface area (Å²) in [5.74, 6) is 0.454. The van der Waals surface area contributed by atoms with Crippen molar-refractivity contribution in [3.05, 3.63) is 17.0 Å². The number of rotatable bonds is 2. The van der Waals surface area contributed by atoms with Gasteiger partial charge < -0.3 is 4.74 Å². The zero-order chi connectivity index (χ0) is 11.3. The van der Waals surface area contributed by atoms with Crippen molar-refractivity contribution < 1.29 is 9.53 Å². The van der Waals surface area contributed by atoms with Crippen molar-refractivity contribution in [1.82, 2.24) is 10.2 Å². The number of nitrogens with zero attached hydrogens (tertiary/aromatic N) is 1. The molecule has 0 aliphatic heterocycles. The van der Waals surface area contributed by atoms with E-state index in [1.165, 1.54) is 6.42 Å². The molecule has 2 aliphatic rings. The Morgan fingerprint density at radius 3 is 3.25 bits per heavy atom. The fourth-order valence-corrected chi connectivity index (χ4v) is 2.82. The van der Waals surface area contributed by atoms with Crippen molar-refractivity contribution >= 4 is 5.97 Å². The second kappa shape index (κ2) is 3.09. The van der Waals surface area contributed by atoms with E-state index in [-0.39, 0.29) is 5.97 Å². The van der Waals surface area contributed by atoms with Crippen LogP contribution in [0, 0.1) is 11.3 Å². The lowest BCUT2D eigenvalue weighted by molar-refractivity contribution is 0.0518. The zero-order valence-corrected chi connectivity index (χ0v) is 9.67. The molecule has 4 heteroatoms. The highest BCUT2D eigenvalue weighted by Gasteiger charge is 2.53. The molecule has 2 aliphatic carbocycles. The van der Waals surface area contributed by atoms with Crippen molar-refractivity contribution in [1.29, 1.82) is 0 Å². The Balaban J connectivity index is 1.91. The lowest BCUT2D eigenvalue weighted by Crippen LogP contribution is -2.15. The number of aromatic nitrogens is 2. The van der Waals surface area contributed by atoms with E-state index in [0.29, 0.717) is 17.7 Å². The molecule has 0 unspecified atom stereocenters. The summed E-state index contributed by atoms with van der Waals surface area (Å²) in [6.45, 7) is 4.53. The average Bonchev–Trinajstić information content (AvgIpc) is 2.72. The number of carbonyl (C=O) groups is 1. The smallest absolute Gasteiger partial charge is 0.359 e. The van der Waals surface area contributed by atoms with Crippen LogP contribution in [0.2, 0.25) is 0 Å². The molecule has 1 fully saturated rings. The van der Waals surface area contributed by atoms with Gasteiger partial charge in [-0.15, -0.1) is 0 Å². The first-order valence-electron chi connectivity index (χ1n) is 5.87. The summed E-state index contributed by atoms with van der Waals surface area (Å²) in [5.41, 5.74) is 3.20. The van der Waals surface area contributed by atoms with Gasteiger partial charge in [0.25, 0.3) is 0 Å². The number of H-pyrrole nitrogens is 1. The first-order valence-corrected chi connectivity index (χ1v) is 5.87. The largest absolute Gasteiger partial charge is 0.461 e. The summed E-state index contributed by atoms with van der Waals surface area (Å²) in [5, 5.41) is 7.10. The minimum Gasteiger partial charge on any atom is -0.461 e. The SMILES string of the molecule is CCOC(=O)c1n[nH]c2c1C[C@H]1C[C@@]1(C)C2. The molecule has 3 rings (SSSR count). The summed E-state index contributed by atoms with van der Waals surface area (Å²) in [4.78, 5) is 11.7. The van der Waals surface area contributed by atoms with Gasteiger partial charge >= 0.3 is 5.97 Å². The van der Waals surface area contributed by atoms with Gasteiger partial charge in [0.15, 0.2) is 5.69 Å². The fraction of sp³-hybridized carbons (Fsp3) is 0.667. The van der Waals surface area contributed by atoms with Crippen LogP contribution in [0.1, 0.15) is 42.0 Å². The predicted octanol–water partition coefficient (Wildman–Crippen LogP) is 1.71. The summed E-state index contributed by atoms with van der Waals surface area (Å²) >= 11 is 0. The molecule has 1 aromatic rings. The van der Waals surface area contributed by atoms with Crippen molar-refractivity contribution in [3.8, 4) is 0 Å². The molecular weight excluding hydrogens is 204 g/mol. The molecule has 1 N–H and O–H groups in total. The molecule has 4 nitrogen and oxygen atoms in total. The van der Waals surface area contributed by atoms with Crippen LogP contribution in [0.3, 0.4) is 0 Å². The molecule has 0 bridgehead atoms. The van der Waals surface area contributed by atoms with Crippen LogP contribution in [-0.4, -0.2) is 22.8 Å². The van der Waals surface area contributed by atoms with Gasteiger partial charge in [-0.2, -0.15) is 5.10 Å². The molecule has 0 saturated heterocycles. The second-order valence-corrected chi connectivity index (χ2v) is 5.19. The first kappa shape index (κ1) is 9.87. The normalized spacial score (nSPS) is 30.5. The predicted molar refractivity (Wildman–Crippen MR) is 58.2 cm³/mol. The molecular formula is C12H16N2O2. The number of carbonyl (C=O) groups excluding carboxylic acids is 1. The Kier molecular flexibility index (Phi) is 1.91. The summed E-state index contributed by atoms with van der Waals surface area (Å²) in [7, 11) is 0. The zero-order valence-electron chi connectivity index (χ0n) is 9.67. The summed E-state index contributed by atoms with van der Waals surface area (Å²) < 4.78 is 5.00. The van der Waals surface area contributed by atoms with E-state index < -0.39 is 0 Å². The average molecular weight is 220 g/mol. The number of nitrogens with one attached hydrogen (secondary N) is 1. The van der Waals surface area contributed by atoms with E-state index in [9.17, 15) is 4.79 Å². The van der Waals surface area contributed by atoms with Crippen molar-refractivity contribution in [2.24, 2.45) is 11.3 Å². The van der Waals surface area contributed by atoms with Crippen molar-refractivity contribution in [2.45, 2.75) is 33.1 Å². The maximum atomic E-state index is 11.7. The number of aromatic amines is 1. The Hall–Kier alpha value is -1.32. The Bertz CT molecular complexity index is 452. The van der Waals surface area contributed by atoms with Gasteiger partial charge in [0.05, 0.1) is 6.61 Å². The first-order chi connectivity index (χ1) is 7.64. The molecule has 86 valence electrons. The molecule has 0 aromatic carbocycles. The molecule has 0 spiro atoms. The van der Waals surface area contributed by atoms with E-state index in [4.69, 9.17) is 4.74 Å². The summed E-state index contributed by atoms with van der Waals surface area (Å²) in [6.07, 6.45) is 3.29. The molecule has 16 heavy (non-hydrogen) atoms. The van der Waals surface area contributed by atoms with Crippen LogP contribution in [0.15, 0.2) is 0 Å². The topological polar surface area (TPSA) is 55.0 Å². The van der Waals surface area contributed by atoms with Crippen LogP contribution < -0.4 is 0 Å². The monoisotopic (exact) mass is 220 g/mol. The third kappa shape index (κ3) is 1.29. The molecule has 1 aromatic heterocycles. The van der Waals surface area contributed by atoms with Crippen LogP contribution in [-0.2, 0) is 17.6 Å². The number of hydrogen-bond acceptors (Lipinski definition) is 3. The molecule has 2 atom stereocenters. The van der Waals surface area contributed by atoms with Crippen LogP contribution >= 0.6 is 0 Å². The quantitative estimate of drug-likeness (QED) is 0.772. The third-order valence-corrected chi connectivity index (χ3v) is 3.99. The lowest BCUT2D eigenvalue weighted by atomic mass is 9.88. The van der Waals surface area contributed by atoms with Crippen molar-refractivity contribution in [3.63, 3.8) is 0 Å². The van der Waals surface area contributed by atoms with E-state index in [0.717, 1.165) is 30.0 Å². The van der Waals surface area contributed by atoms with Gasteiger partial charge in [0.2, 0.25) is 0 Å². The van der Waals surface area contributed by atoms with Gasteiger partial charge in [-0.1, -0.05) is 6.92 Å². The van der Waals surface area contributed by atoms with Crippen molar-refractivity contribution in [2.75, 3.05) is 6.61 Å². The third-order valence-electron chi connectivity index (χ3n) is 3.99. The number of hydrogen-bond donors (Lipinski definition) is 1.